The van der Waals surface area contributed by atoms with Crippen molar-refractivity contribution in [3.8, 4) is 0 Å². The molecule has 0 atom stereocenters. The van der Waals surface area contributed by atoms with Gasteiger partial charge in [0.1, 0.15) is 0 Å². The van der Waals surface area contributed by atoms with Gasteiger partial charge in [0.2, 0.25) is 0 Å². The Morgan fingerprint density at radius 2 is 1.48 bits per heavy atom. The maximum atomic E-state index is 2.41. The minimum atomic E-state index is 0.976. The van der Waals surface area contributed by atoms with E-state index in [0.29, 0.717) is 0 Å². The van der Waals surface area contributed by atoms with Crippen LogP contribution in [0.3, 0.4) is 0 Å². The SMILES string of the molecule is CC1=CN(Cc2ccccc2)CC(Cc2ccccc2)=C1. The Hall–Kier alpha value is -2.28. The lowest BCUT2D eigenvalue weighted by Gasteiger charge is -2.27. The molecule has 1 aliphatic heterocycles. The zero-order valence-electron chi connectivity index (χ0n) is 12.5. The summed E-state index contributed by atoms with van der Waals surface area (Å²) in [6, 6.07) is 21.4. The molecule has 106 valence electrons. The first-order chi connectivity index (χ1) is 10.3. The molecule has 1 heterocycles. The van der Waals surface area contributed by atoms with E-state index in [4.69, 9.17) is 0 Å². The van der Waals surface area contributed by atoms with Crippen molar-refractivity contribution in [3.63, 3.8) is 0 Å². The van der Waals surface area contributed by atoms with Crippen LogP contribution in [0.15, 0.2) is 84.1 Å². The smallest absolute Gasteiger partial charge is 0.0427 e. The quantitative estimate of drug-likeness (QED) is 0.789. The Kier molecular flexibility index (Phi) is 4.20. The summed E-state index contributed by atoms with van der Waals surface area (Å²) in [5.41, 5.74) is 5.57. The van der Waals surface area contributed by atoms with Crippen LogP contribution in [0.25, 0.3) is 0 Å². The van der Waals surface area contributed by atoms with Gasteiger partial charge in [0.15, 0.2) is 0 Å². The van der Waals surface area contributed by atoms with Crippen LogP contribution >= 0.6 is 0 Å². The molecule has 0 amide bonds. The van der Waals surface area contributed by atoms with Gasteiger partial charge in [0, 0.05) is 19.3 Å². The topological polar surface area (TPSA) is 3.24 Å². The van der Waals surface area contributed by atoms with Crippen LogP contribution in [0.4, 0.5) is 0 Å². The first kappa shape index (κ1) is 13.7. The molecule has 0 aliphatic carbocycles. The molecular formula is C20H21N. The molecule has 0 N–H and O–H groups in total. The Labute approximate surface area is 127 Å². The number of hydrogen-bond donors (Lipinski definition) is 0. The van der Waals surface area contributed by atoms with Gasteiger partial charge in [-0.3, -0.25) is 0 Å². The van der Waals surface area contributed by atoms with Crippen LogP contribution in [0, 0.1) is 0 Å². The van der Waals surface area contributed by atoms with Gasteiger partial charge in [-0.1, -0.05) is 66.7 Å². The Morgan fingerprint density at radius 3 is 2.14 bits per heavy atom. The highest BCUT2D eigenvalue weighted by atomic mass is 15.1. The zero-order chi connectivity index (χ0) is 14.5. The predicted octanol–water partition coefficient (Wildman–Crippen LogP) is 4.58. The Balaban J connectivity index is 1.69. The van der Waals surface area contributed by atoms with Crippen LogP contribution in [0.5, 0.6) is 0 Å². The standard InChI is InChI=1S/C20H21N/c1-17-12-20(13-18-8-4-2-5-9-18)16-21(14-17)15-19-10-6-3-7-11-19/h2-12,14H,13,15-16H2,1H3. The maximum absolute atomic E-state index is 2.41. The van der Waals surface area contributed by atoms with E-state index in [9.17, 15) is 0 Å². The minimum absolute atomic E-state index is 0.976. The summed E-state index contributed by atoms with van der Waals surface area (Å²) in [5, 5.41) is 0. The third kappa shape index (κ3) is 3.85. The van der Waals surface area contributed by atoms with Gasteiger partial charge in [0.25, 0.3) is 0 Å². The second-order valence-corrected chi connectivity index (χ2v) is 5.73. The second kappa shape index (κ2) is 6.45. The van der Waals surface area contributed by atoms with E-state index in [-0.39, 0.29) is 0 Å². The van der Waals surface area contributed by atoms with Gasteiger partial charge in [-0.2, -0.15) is 0 Å². The van der Waals surface area contributed by atoms with Crippen LogP contribution in [0.2, 0.25) is 0 Å². The van der Waals surface area contributed by atoms with Gasteiger partial charge in [0.05, 0.1) is 0 Å². The summed E-state index contributed by atoms with van der Waals surface area (Å²) < 4.78 is 0. The van der Waals surface area contributed by atoms with Crippen molar-refractivity contribution in [3.05, 3.63) is 95.2 Å². The lowest BCUT2D eigenvalue weighted by molar-refractivity contribution is 0.389. The van der Waals surface area contributed by atoms with Crippen LogP contribution < -0.4 is 0 Å². The van der Waals surface area contributed by atoms with E-state index < -0.39 is 0 Å². The highest BCUT2D eigenvalue weighted by molar-refractivity contribution is 5.32. The summed E-state index contributed by atoms with van der Waals surface area (Å²) in [5.74, 6) is 0. The Morgan fingerprint density at radius 1 is 0.857 bits per heavy atom. The van der Waals surface area contributed by atoms with Crippen molar-refractivity contribution in [2.45, 2.75) is 19.9 Å². The zero-order valence-corrected chi connectivity index (χ0v) is 12.5. The van der Waals surface area contributed by atoms with Crippen molar-refractivity contribution in [1.29, 1.82) is 0 Å². The molecule has 0 spiro atoms. The number of hydrogen-bond acceptors (Lipinski definition) is 1. The molecule has 0 aromatic heterocycles. The summed E-state index contributed by atoms with van der Waals surface area (Å²) >= 11 is 0. The van der Waals surface area contributed by atoms with E-state index in [2.05, 4.69) is 84.8 Å². The first-order valence-electron chi connectivity index (χ1n) is 7.49. The fraction of sp³-hybridized carbons (Fsp3) is 0.200. The molecule has 0 fully saturated rings. The van der Waals surface area contributed by atoms with Crippen molar-refractivity contribution in [2.24, 2.45) is 0 Å². The Bertz CT molecular complexity index is 638. The number of nitrogens with zero attached hydrogens (tertiary/aromatic N) is 1. The highest BCUT2D eigenvalue weighted by Gasteiger charge is 2.11. The molecule has 0 saturated carbocycles. The summed E-state index contributed by atoms with van der Waals surface area (Å²) in [7, 11) is 0. The molecule has 1 nitrogen and oxygen atoms in total. The number of benzene rings is 2. The molecule has 0 unspecified atom stereocenters. The summed E-state index contributed by atoms with van der Waals surface area (Å²) in [4.78, 5) is 2.41. The molecule has 1 heteroatoms. The maximum Gasteiger partial charge on any atom is 0.0427 e. The van der Waals surface area contributed by atoms with Crippen LogP contribution in [-0.2, 0) is 13.0 Å². The second-order valence-electron chi connectivity index (χ2n) is 5.73. The lowest BCUT2D eigenvalue weighted by Crippen LogP contribution is -2.23. The number of rotatable bonds is 4. The number of allylic oxidation sites excluding steroid dienone is 2. The largest absolute Gasteiger partial charge is 0.369 e. The molecule has 2 aromatic carbocycles. The fourth-order valence-corrected chi connectivity index (χ4v) is 2.88. The van der Waals surface area contributed by atoms with Crippen molar-refractivity contribution in [1.82, 2.24) is 4.90 Å². The summed E-state index contributed by atoms with van der Waals surface area (Å²) in [6.45, 7) is 4.17. The van der Waals surface area contributed by atoms with Gasteiger partial charge < -0.3 is 4.90 Å². The van der Waals surface area contributed by atoms with Gasteiger partial charge in [-0.15, -0.1) is 0 Å². The first-order valence-corrected chi connectivity index (χ1v) is 7.49. The average Bonchev–Trinajstić information content (AvgIpc) is 2.48. The minimum Gasteiger partial charge on any atom is -0.369 e. The average molecular weight is 275 g/mol. The van der Waals surface area contributed by atoms with E-state index >= 15 is 0 Å². The monoisotopic (exact) mass is 275 g/mol. The molecule has 3 rings (SSSR count). The summed E-state index contributed by atoms with van der Waals surface area (Å²) in [6.07, 6.45) is 5.63. The van der Waals surface area contributed by atoms with Crippen molar-refractivity contribution in [2.75, 3.05) is 6.54 Å². The molecule has 2 aromatic rings. The predicted molar refractivity (Wildman–Crippen MR) is 88.8 cm³/mol. The fourth-order valence-electron chi connectivity index (χ4n) is 2.88. The van der Waals surface area contributed by atoms with E-state index in [0.717, 1.165) is 19.5 Å². The molecular weight excluding hydrogens is 254 g/mol. The van der Waals surface area contributed by atoms with Crippen LogP contribution in [0.1, 0.15) is 18.1 Å². The molecule has 1 aliphatic rings. The van der Waals surface area contributed by atoms with Crippen molar-refractivity contribution < 1.29 is 0 Å². The van der Waals surface area contributed by atoms with Gasteiger partial charge in [-0.05, 0) is 35.6 Å². The van der Waals surface area contributed by atoms with Gasteiger partial charge in [-0.25, -0.2) is 0 Å². The van der Waals surface area contributed by atoms with E-state index in [1.54, 1.807) is 0 Å². The lowest BCUT2D eigenvalue weighted by atomic mass is 10.0. The highest BCUT2D eigenvalue weighted by Crippen LogP contribution is 2.19. The molecule has 21 heavy (non-hydrogen) atoms. The normalized spacial score (nSPS) is 14.6. The van der Waals surface area contributed by atoms with Crippen LogP contribution in [-0.4, -0.2) is 11.4 Å². The molecule has 0 radical (unpaired) electrons. The van der Waals surface area contributed by atoms with E-state index in [1.165, 1.54) is 22.3 Å². The third-order valence-electron chi connectivity index (χ3n) is 3.73. The molecule has 0 bridgehead atoms. The third-order valence-corrected chi connectivity index (χ3v) is 3.73. The van der Waals surface area contributed by atoms with Crippen molar-refractivity contribution >= 4 is 0 Å². The van der Waals surface area contributed by atoms with Gasteiger partial charge >= 0.3 is 0 Å². The molecule has 0 saturated heterocycles. The van der Waals surface area contributed by atoms with E-state index in [1.807, 2.05) is 0 Å².